The molecule has 166 valence electrons. The SMILES string of the molecule is NCC(=O)NCC(=O)NC(CC(N)=O)C(=O)NC(Cc1c[nH]c2ccccc12)C(=O)O. The lowest BCUT2D eigenvalue weighted by atomic mass is 10.0. The first kappa shape index (κ1) is 23.3. The van der Waals surface area contributed by atoms with Crippen molar-refractivity contribution in [2.75, 3.05) is 13.1 Å². The lowest BCUT2D eigenvalue weighted by molar-refractivity contribution is -0.142. The van der Waals surface area contributed by atoms with E-state index in [9.17, 15) is 29.1 Å². The second-order valence-corrected chi connectivity index (χ2v) is 6.73. The van der Waals surface area contributed by atoms with Gasteiger partial charge in [0, 0.05) is 23.5 Å². The van der Waals surface area contributed by atoms with Gasteiger partial charge in [0.2, 0.25) is 23.6 Å². The van der Waals surface area contributed by atoms with Crippen molar-refractivity contribution < 1.29 is 29.1 Å². The van der Waals surface area contributed by atoms with Gasteiger partial charge in [0.15, 0.2) is 0 Å². The summed E-state index contributed by atoms with van der Waals surface area (Å²) in [5.41, 5.74) is 11.7. The number of hydrogen-bond donors (Lipinski definition) is 7. The Balaban J connectivity index is 2.09. The van der Waals surface area contributed by atoms with Crippen molar-refractivity contribution in [2.45, 2.75) is 24.9 Å². The smallest absolute Gasteiger partial charge is 0.326 e. The van der Waals surface area contributed by atoms with Gasteiger partial charge in [-0.25, -0.2) is 4.79 Å². The topological polar surface area (TPSA) is 209 Å². The standard InChI is InChI=1S/C19H24N6O6/c20-7-16(27)23-9-17(28)24-13(6-15(21)26)18(29)25-14(19(30)31)5-10-8-22-12-4-2-1-3-11(10)12/h1-4,8,13-14,22H,5-7,9,20H2,(H2,21,26)(H,23,27)(H,24,28)(H,25,29)(H,30,31). The monoisotopic (exact) mass is 432 g/mol. The summed E-state index contributed by atoms with van der Waals surface area (Å²) in [6.07, 6.45) is 1.06. The van der Waals surface area contributed by atoms with Gasteiger partial charge in [-0.15, -0.1) is 0 Å². The number of carbonyl (C=O) groups excluding carboxylic acids is 4. The molecule has 9 N–H and O–H groups in total. The van der Waals surface area contributed by atoms with Crippen LogP contribution in [0.25, 0.3) is 10.9 Å². The normalized spacial score (nSPS) is 12.5. The van der Waals surface area contributed by atoms with E-state index in [4.69, 9.17) is 11.5 Å². The third-order valence-corrected chi connectivity index (χ3v) is 4.40. The Morgan fingerprint density at radius 2 is 1.74 bits per heavy atom. The number of primary amides is 1. The number of nitrogens with two attached hydrogens (primary N) is 2. The summed E-state index contributed by atoms with van der Waals surface area (Å²) < 4.78 is 0. The van der Waals surface area contributed by atoms with Crippen molar-refractivity contribution in [2.24, 2.45) is 11.5 Å². The lowest BCUT2D eigenvalue weighted by Crippen LogP contribution is -2.54. The molecule has 1 aromatic heterocycles. The van der Waals surface area contributed by atoms with Crippen LogP contribution in [-0.4, -0.2) is 64.9 Å². The van der Waals surface area contributed by atoms with Crippen molar-refractivity contribution in [1.29, 1.82) is 0 Å². The van der Waals surface area contributed by atoms with Gasteiger partial charge >= 0.3 is 5.97 Å². The zero-order chi connectivity index (χ0) is 23.0. The summed E-state index contributed by atoms with van der Waals surface area (Å²) in [7, 11) is 0. The maximum Gasteiger partial charge on any atom is 0.326 e. The first-order chi connectivity index (χ1) is 14.7. The van der Waals surface area contributed by atoms with Crippen LogP contribution in [0.15, 0.2) is 30.5 Å². The fourth-order valence-corrected chi connectivity index (χ4v) is 2.90. The van der Waals surface area contributed by atoms with Crippen LogP contribution in [-0.2, 0) is 30.4 Å². The Kier molecular flexibility index (Phi) is 8.09. The maximum absolute atomic E-state index is 12.6. The molecule has 12 nitrogen and oxygen atoms in total. The molecule has 0 aliphatic rings. The fraction of sp³-hybridized carbons (Fsp3) is 0.316. The number of nitrogens with one attached hydrogen (secondary N) is 4. The highest BCUT2D eigenvalue weighted by atomic mass is 16.4. The molecule has 0 radical (unpaired) electrons. The van der Waals surface area contributed by atoms with Crippen LogP contribution in [0.2, 0.25) is 0 Å². The summed E-state index contributed by atoms with van der Waals surface area (Å²) in [5, 5.41) is 17.1. The molecule has 2 unspecified atom stereocenters. The van der Waals surface area contributed by atoms with E-state index in [1.165, 1.54) is 0 Å². The predicted molar refractivity (Wildman–Crippen MR) is 109 cm³/mol. The van der Waals surface area contributed by atoms with Crippen LogP contribution < -0.4 is 27.4 Å². The van der Waals surface area contributed by atoms with Crippen molar-refractivity contribution in [1.82, 2.24) is 20.9 Å². The minimum Gasteiger partial charge on any atom is -0.480 e. The average molecular weight is 432 g/mol. The molecule has 4 amide bonds. The van der Waals surface area contributed by atoms with Gasteiger partial charge in [-0.05, 0) is 11.6 Å². The molecule has 0 fully saturated rings. The lowest BCUT2D eigenvalue weighted by Gasteiger charge is -2.20. The molecular formula is C19H24N6O6. The quantitative estimate of drug-likeness (QED) is 0.206. The molecule has 0 saturated carbocycles. The van der Waals surface area contributed by atoms with Crippen LogP contribution in [0.4, 0.5) is 0 Å². The van der Waals surface area contributed by atoms with Crippen LogP contribution in [0.1, 0.15) is 12.0 Å². The second-order valence-electron chi connectivity index (χ2n) is 6.73. The van der Waals surface area contributed by atoms with Gasteiger partial charge in [0.1, 0.15) is 12.1 Å². The number of para-hydroxylation sites is 1. The molecule has 0 saturated heterocycles. The first-order valence-corrected chi connectivity index (χ1v) is 9.33. The third-order valence-electron chi connectivity index (χ3n) is 4.40. The molecular weight excluding hydrogens is 408 g/mol. The number of carbonyl (C=O) groups is 5. The highest BCUT2D eigenvalue weighted by Crippen LogP contribution is 2.19. The molecule has 2 atom stereocenters. The molecule has 0 aliphatic heterocycles. The second kappa shape index (κ2) is 10.7. The summed E-state index contributed by atoms with van der Waals surface area (Å²) in [4.78, 5) is 61.8. The maximum atomic E-state index is 12.6. The predicted octanol–water partition coefficient (Wildman–Crippen LogP) is -2.29. The van der Waals surface area contributed by atoms with Gasteiger partial charge in [-0.3, -0.25) is 19.2 Å². The van der Waals surface area contributed by atoms with Crippen LogP contribution >= 0.6 is 0 Å². The number of aromatic amines is 1. The number of carboxylic acids is 1. The Morgan fingerprint density at radius 1 is 1.03 bits per heavy atom. The summed E-state index contributed by atoms with van der Waals surface area (Å²) in [6.45, 7) is -0.803. The van der Waals surface area contributed by atoms with E-state index in [-0.39, 0.29) is 13.0 Å². The largest absolute Gasteiger partial charge is 0.480 e. The molecule has 2 rings (SSSR count). The third kappa shape index (κ3) is 6.82. The molecule has 1 heterocycles. The van der Waals surface area contributed by atoms with Gasteiger partial charge in [-0.2, -0.15) is 0 Å². The number of rotatable bonds is 11. The van der Waals surface area contributed by atoms with Crippen LogP contribution in [0.3, 0.4) is 0 Å². The Hall–Kier alpha value is -3.93. The van der Waals surface area contributed by atoms with E-state index in [0.717, 1.165) is 10.9 Å². The highest BCUT2D eigenvalue weighted by Gasteiger charge is 2.28. The van der Waals surface area contributed by atoms with Crippen molar-refractivity contribution >= 4 is 40.5 Å². The summed E-state index contributed by atoms with van der Waals surface area (Å²) in [5.74, 6) is -4.43. The van der Waals surface area contributed by atoms with Crippen molar-refractivity contribution in [3.63, 3.8) is 0 Å². The number of carboxylic acid groups (broad SMARTS) is 1. The number of aromatic nitrogens is 1. The fourth-order valence-electron chi connectivity index (χ4n) is 2.90. The molecule has 2 aromatic rings. The van der Waals surface area contributed by atoms with Crippen LogP contribution in [0, 0.1) is 0 Å². The average Bonchev–Trinajstić information content (AvgIpc) is 3.13. The van der Waals surface area contributed by atoms with Gasteiger partial charge in [0.05, 0.1) is 19.5 Å². The number of benzene rings is 1. The number of H-pyrrole nitrogens is 1. The zero-order valence-corrected chi connectivity index (χ0v) is 16.5. The summed E-state index contributed by atoms with van der Waals surface area (Å²) in [6, 6.07) is 4.53. The van der Waals surface area contributed by atoms with Gasteiger partial charge in [0.25, 0.3) is 0 Å². The number of hydrogen-bond acceptors (Lipinski definition) is 6. The van der Waals surface area contributed by atoms with Crippen molar-refractivity contribution in [3.8, 4) is 0 Å². The van der Waals surface area contributed by atoms with Gasteiger partial charge < -0.3 is 37.5 Å². The Bertz CT molecular complexity index is 987. The number of amides is 4. The Labute approximate surface area is 176 Å². The molecule has 1 aromatic carbocycles. The minimum absolute atomic E-state index is 0.0329. The molecule has 0 aliphatic carbocycles. The number of aliphatic carboxylic acids is 1. The molecule has 31 heavy (non-hydrogen) atoms. The van der Waals surface area contributed by atoms with E-state index in [1.807, 2.05) is 18.2 Å². The van der Waals surface area contributed by atoms with E-state index in [1.54, 1.807) is 12.3 Å². The van der Waals surface area contributed by atoms with E-state index >= 15 is 0 Å². The van der Waals surface area contributed by atoms with E-state index in [2.05, 4.69) is 20.9 Å². The van der Waals surface area contributed by atoms with Crippen molar-refractivity contribution in [3.05, 3.63) is 36.0 Å². The van der Waals surface area contributed by atoms with Gasteiger partial charge in [-0.1, -0.05) is 18.2 Å². The summed E-state index contributed by atoms with van der Waals surface area (Å²) >= 11 is 0. The first-order valence-electron chi connectivity index (χ1n) is 9.33. The number of fused-ring (bicyclic) bond motifs is 1. The Morgan fingerprint density at radius 3 is 2.39 bits per heavy atom. The zero-order valence-electron chi connectivity index (χ0n) is 16.5. The van der Waals surface area contributed by atoms with Crippen LogP contribution in [0.5, 0.6) is 0 Å². The molecule has 0 bridgehead atoms. The van der Waals surface area contributed by atoms with E-state index < -0.39 is 54.6 Å². The molecule has 12 heteroatoms. The minimum atomic E-state index is -1.41. The van der Waals surface area contributed by atoms with E-state index in [0.29, 0.717) is 5.56 Å². The molecule has 0 spiro atoms. The highest BCUT2D eigenvalue weighted by molar-refractivity contribution is 5.95.